The van der Waals surface area contributed by atoms with Gasteiger partial charge in [-0.25, -0.2) is 0 Å². The Hall–Kier alpha value is -0.890. The summed E-state index contributed by atoms with van der Waals surface area (Å²) in [6.45, 7) is 16.3. The highest BCUT2D eigenvalue weighted by Crippen LogP contribution is 2.89. The minimum Gasteiger partial charge on any atom is -0.462 e. The van der Waals surface area contributed by atoms with Gasteiger partial charge in [0.2, 0.25) is 5.79 Å². The summed E-state index contributed by atoms with van der Waals surface area (Å²) in [5.74, 6) is -1.56. The molecule has 0 aromatic heterocycles. The molecule has 11 heteroatoms. The molecule has 48 heavy (non-hydrogen) atoms. The second-order valence-corrected chi connectivity index (χ2v) is 19.0. The van der Waals surface area contributed by atoms with Crippen molar-refractivity contribution in [1.29, 1.82) is 0 Å². The van der Waals surface area contributed by atoms with Crippen LogP contribution < -0.4 is 0 Å². The molecule has 8 fully saturated rings. The van der Waals surface area contributed by atoms with Crippen molar-refractivity contribution >= 4 is 5.97 Å². The van der Waals surface area contributed by atoms with Gasteiger partial charge in [0.15, 0.2) is 6.29 Å². The van der Waals surface area contributed by atoms with Crippen LogP contribution in [0.25, 0.3) is 0 Å². The van der Waals surface area contributed by atoms with Crippen LogP contribution in [0.15, 0.2) is 0 Å². The largest absolute Gasteiger partial charge is 0.462 e. The van der Waals surface area contributed by atoms with E-state index in [2.05, 4.69) is 34.6 Å². The number of fused-ring (bicyclic) bond motifs is 5. The lowest BCUT2D eigenvalue weighted by atomic mass is 9.41. The van der Waals surface area contributed by atoms with Crippen LogP contribution >= 0.6 is 0 Å². The topological polar surface area (TPSA) is 164 Å². The zero-order valence-electron chi connectivity index (χ0n) is 29.8. The fourth-order valence-corrected chi connectivity index (χ4v) is 14.3. The van der Waals surface area contributed by atoms with Gasteiger partial charge in [-0.05, 0) is 104 Å². The average molecular weight is 679 g/mol. The van der Waals surface area contributed by atoms with E-state index in [0.717, 1.165) is 38.5 Å². The first-order chi connectivity index (χ1) is 22.2. The number of rotatable bonds is 3. The zero-order chi connectivity index (χ0) is 34.8. The Morgan fingerprint density at radius 1 is 0.854 bits per heavy atom. The minimum absolute atomic E-state index is 0.0187. The van der Waals surface area contributed by atoms with Gasteiger partial charge in [0, 0.05) is 12.3 Å². The molecule has 5 saturated carbocycles. The summed E-state index contributed by atoms with van der Waals surface area (Å²) < 4.78 is 31.6. The first kappa shape index (κ1) is 34.2. The third kappa shape index (κ3) is 3.95. The van der Waals surface area contributed by atoms with Crippen molar-refractivity contribution in [2.24, 2.45) is 50.7 Å². The average Bonchev–Trinajstić information content (AvgIpc) is 3.52. The van der Waals surface area contributed by atoms with E-state index in [1.807, 2.05) is 0 Å². The van der Waals surface area contributed by atoms with E-state index in [4.69, 9.17) is 23.7 Å². The lowest BCUT2D eigenvalue weighted by molar-refractivity contribution is -0.330. The summed E-state index contributed by atoms with van der Waals surface area (Å²) in [6.07, 6.45) is -1.19. The van der Waals surface area contributed by atoms with E-state index in [1.54, 1.807) is 13.8 Å². The highest BCUT2D eigenvalue weighted by atomic mass is 16.7. The number of carbonyl (C=O) groups excluding carboxylic acids is 1. The van der Waals surface area contributed by atoms with Crippen molar-refractivity contribution in [3.63, 3.8) is 0 Å². The fourth-order valence-electron chi connectivity index (χ4n) is 14.3. The quantitative estimate of drug-likeness (QED) is 0.220. The predicted molar refractivity (Wildman–Crippen MR) is 170 cm³/mol. The maximum absolute atomic E-state index is 12.9. The van der Waals surface area contributed by atoms with Gasteiger partial charge in [-0.1, -0.05) is 34.6 Å². The Labute approximate surface area is 284 Å². The number of ether oxygens (including phenoxy) is 5. The summed E-state index contributed by atoms with van der Waals surface area (Å²) >= 11 is 0. The Bertz CT molecular complexity index is 1350. The van der Waals surface area contributed by atoms with Crippen molar-refractivity contribution in [2.45, 2.75) is 167 Å². The van der Waals surface area contributed by atoms with Crippen molar-refractivity contribution in [3.05, 3.63) is 0 Å². The molecule has 8 rings (SSSR count). The van der Waals surface area contributed by atoms with E-state index >= 15 is 0 Å². The smallest absolute Gasteiger partial charge is 0.302 e. The molecule has 2 spiro atoms. The molecule has 8 aliphatic rings. The minimum atomic E-state index is -1.80. The molecule has 18 atom stereocenters. The van der Waals surface area contributed by atoms with Gasteiger partial charge in [-0.3, -0.25) is 4.79 Å². The molecular weight excluding hydrogens is 620 g/mol. The predicted octanol–water partition coefficient (Wildman–Crippen LogP) is 2.66. The van der Waals surface area contributed by atoms with Gasteiger partial charge in [0.25, 0.3) is 0 Å². The van der Waals surface area contributed by atoms with Crippen molar-refractivity contribution in [1.82, 2.24) is 0 Å². The SMILES string of the molecule is CC(=O)O[C@@H]1C[C@@]23C[C@@]24CC[C@H](O[C@@H]2OC[C@@H](O)[C@H](O)[C@H]2O)C(C)(C)[C@H]4CC[C@H]3[C@]2(C)C[C@H]3O[C@@]4(O)[C@H](OC(C)(C)[C@H]4O)[C@H](C)[C@@H]3[C@@]12C. The van der Waals surface area contributed by atoms with Gasteiger partial charge in [-0.15, -0.1) is 0 Å². The third-order valence-electron chi connectivity index (χ3n) is 16.4. The molecule has 5 aliphatic carbocycles. The van der Waals surface area contributed by atoms with Crippen molar-refractivity contribution < 1.29 is 54.0 Å². The first-order valence-corrected chi connectivity index (χ1v) is 18.5. The van der Waals surface area contributed by atoms with Crippen LogP contribution in [-0.2, 0) is 28.5 Å². The van der Waals surface area contributed by atoms with Gasteiger partial charge >= 0.3 is 5.97 Å². The van der Waals surface area contributed by atoms with Gasteiger partial charge in [-0.2, -0.15) is 0 Å². The monoisotopic (exact) mass is 678 g/mol. The molecule has 5 N–H and O–H groups in total. The number of aliphatic hydroxyl groups excluding tert-OH is 4. The lowest BCUT2D eigenvalue weighted by Crippen LogP contribution is -2.66. The van der Waals surface area contributed by atoms with Crippen LogP contribution in [0.5, 0.6) is 0 Å². The van der Waals surface area contributed by atoms with Gasteiger partial charge in [0.05, 0.1) is 24.4 Å². The molecule has 3 saturated heterocycles. The normalized spacial score (nSPS) is 60.4. The summed E-state index contributed by atoms with van der Waals surface area (Å²) in [5.41, 5.74) is -1.87. The Morgan fingerprint density at radius 3 is 2.23 bits per heavy atom. The summed E-state index contributed by atoms with van der Waals surface area (Å²) in [4.78, 5) is 12.9. The van der Waals surface area contributed by atoms with Gasteiger partial charge in [0.1, 0.15) is 36.6 Å². The maximum Gasteiger partial charge on any atom is 0.302 e. The molecule has 0 bridgehead atoms. The molecule has 0 aromatic carbocycles. The second kappa shape index (κ2) is 10.2. The zero-order valence-corrected chi connectivity index (χ0v) is 29.8. The molecule has 0 radical (unpaired) electrons. The highest BCUT2D eigenvalue weighted by molar-refractivity contribution is 5.66. The number of hydrogen-bond acceptors (Lipinski definition) is 11. The molecule has 0 amide bonds. The molecule has 3 aliphatic heterocycles. The van der Waals surface area contributed by atoms with Crippen LogP contribution in [0.2, 0.25) is 0 Å². The molecule has 272 valence electrons. The number of hydrogen-bond donors (Lipinski definition) is 5. The first-order valence-electron chi connectivity index (χ1n) is 18.5. The van der Waals surface area contributed by atoms with E-state index in [9.17, 15) is 30.3 Å². The third-order valence-corrected chi connectivity index (χ3v) is 16.4. The molecule has 0 unspecified atom stereocenters. The van der Waals surface area contributed by atoms with E-state index < -0.39 is 53.6 Å². The summed E-state index contributed by atoms with van der Waals surface area (Å²) in [5, 5.41) is 54.1. The van der Waals surface area contributed by atoms with E-state index in [-0.39, 0.29) is 64.4 Å². The number of aliphatic hydroxyl groups is 5. The van der Waals surface area contributed by atoms with Crippen LogP contribution in [0.3, 0.4) is 0 Å². The maximum atomic E-state index is 12.9. The Morgan fingerprint density at radius 2 is 1.54 bits per heavy atom. The van der Waals surface area contributed by atoms with E-state index in [1.165, 1.54) is 6.92 Å². The molecular formula is C37H58O11. The second-order valence-electron chi connectivity index (χ2n) is 19.0. The molecule has 11 nitrogen and oxygen atoms in total. The standard InChI is InChI=1S/C37H58O11/c1-17-25-20(47-37(43)28(17)48-32(5,6)30(37)42)13-33(7)22-10-9-21-31(3,4)23(46-29-27(41)26(40)19(39)15-44-29)11-12-35(21)16-36(22,35)14-24(34(25,33)8)45-18(2)38/h17,19-30,39-43H,9-16H2,1-8H3/t17-,19-,20-,21-,22+,23+,24-,25+,26+,27-,28-,29+,30-,33+,34-,35-,36+,37+/m1/s1. The Balaban J connectivity index is 1.12. The Kier molecular flexibility index (Phi) is 7.24. The van der Waals surface area contributed by atoms with Gasteiger partial charge < -0.3 is 49.2 Å². The van der Waals surface area contributed by atoms with Crippen molar-refractivity contribution in [3.8, 4) is 0 Å². The van der Waals surface area contributed by atoms with Crippen LogP contribution in [0.4, 0.5) is 0 Å². The van der Waals surface area contributed by atoms with Crippen LogP contribution in [0.1, 0.15) is 100 Å². The number of carbonyl (C=O) groups is 1. The summed E-state index contributed by atoms with van der Waals surface area (Å²) in [6, 6.07) is 0. The highest BCUT2D eigenvalue weighted by Gasteiger charge is 2.86. The lowest BCUT2D eigenvalue weighted by Gasteiger charge is -2.65. The summed E-state index contributed by atoms with van der Waals surface area (Å²) in [7, 11) is 0. The fraction of sp³-hybridized carbons (Fsp3) is 0.973. The number of esters is 1. The van der Waals surface area contributed by atoms with E-state index in [0.29, 0.717) is 18.3 Å². The van der Waals surface area contributed by atoms with Crippen molar-refractivity contribution in [2.75, 3.05) is 6.61 Å². The van der Waals surface area contributed by atoms with Crippen LogP contribution in [0, 0.1) is 50.7 Å². The molecule has 3 heterocycles. The van der Waals surface area contributed by atoms with Crippen LogP contribution in [-0.4, -0.2) is 105 Å². The molecule has 0 aromatic rings.